The maximum Gasteiger partial charge on any atom is 0.270 e. The van der Waals surface area contributed by atoms with Crippen LogP contribution in [0.1, 0.15) is 21.3 Å². The Hall–Kier alpha value is -3.28. The summed E-state index contributed by atoms with van der Waals surface area (Å²) in [5, 5.41) is 15.8. The lowest BCUT2D eigenvalue weighted by molar-refractivity contribution is -0.385. The summed E-state index contributed by atoms with van der Waals surface area (Å²) < 4.78 is 27.4. The summed E-state index contributed by atoms with van der Waals surface area (Å²) in [6, 6.07) is 14.7. The maximum absolute atomic E-state index is 12.5. The highest BCUT2D eigenvalue weighted by Crippen LogP contribution is 2.23. The van der Waals surface area contributed by atoms with Gasteiger partial charge >= 0.3 is 0 Å². The lowest BCUT2D eigenvalue weighted by atomic mass is 10.1. The number of amides is 1. The molecule has 3 rings (SSSR count). The summed E-state index contributed by atoms with van der Waals surface area (Å²) in [6.45, 7) is 0.424. The van der Waals surface area contributed by atoms with Crippen molar-refractivity contribution < 1.29 is 18.1 Å². The Bertz CT molecular complexity index is 1190. The van der Waals surface area contributed by atoms with Gasteiger partial charge in [0.05, 0.1) is 15.9 Å². The molecule has 3 aromatic rings. The second-order valence-corrected chi connectivity index (χ2v) is 9.80. The molecule has 0 spiro atoms. The van der Waals surface area contributed by atoms with Crippen LogP contribution in [0.3, 0.4) is 0 Å². The number of nitro benzene ring substituents is 1. The third kappa shape index (κ3) is 5.69. The molecule has 0 saturated heterocycles. The van der Waals surface area contributed by atoms with E-state index in [0.29, 0.717) is 12.1 Å². The van der Waals surface area contributed by atoms with Gasteiger partial charge in [-0.3, -0.25) is 19.6 Å². The number of hydrogen-bond donors (Lipinski definition) is 2. The van der Waals surface area contributed by atoms with Crippen molar-refractivity contribution in [2.24, 2.45) is 0 Å². The standard InChI is InChI=1S/C21H22N4O5S2/c1-24(2)19(20-7-4-12-31-20)14-22-21(26)15-8-10-16(11-9-15)23-32(29,30)18-6-3-5-17(13-18)25(27)28/h3-13,19,23H,14H2,1-2H3,(H,22,26). The number of rotatable bonds is 9. The summed E-state index contributed by atoms with van der Waals surface area (Å²) in [7, 11) is -0.131. The topological polar surface area (TPSA) is 122 Å². The molecule has 0 aliphatic rings. The van der Waals surface area contributed by atoms with E-state index in [1.807, 2.05) is 36.5 Å². The molecule has 0 radical (unpaired) electrons. The van der Waals surface area contributed by atoms with Crippen molar-refractivity contribution in [3.05, 3.63) is 86.6 Å². The number of carbonyl (C=O) groups excluding carboxylic acids is 1. The van der Waals surface area contributed by atoms with Crippen molar-refractivity contribution >= 4 is 38.6 Å². The van der Waals surface area contributed by atoms with Gasteiger partial charge in [-0.1, -0.05) is 12.1 Å². The predicted molar refractivity (Wildman–Crippen MR) is 123 cm³/mol. The smallest absolute Gasteiger partial charge is 0.270 e. The van der Waals surface area contributed by atoms with Gasteiger partial charge in [-0.05, 0) is 55.9 Å². The van der Waals surface area contributed by atoms with E-state index in [-0.39, 0.29) is 28.2 Å². The van der Waals surface area contributed by atoms with Crippen LogP contribution in [0.5, 0.6) is 0 Å². The number of thiophene rings is 1. The number of nitrogens with zero attached hydrogens (tertiary/aromatic N) is 2. The van der Waals surface area contributed by atoms with E-state index in [1.54, 1.807) is 11.3 Å². The molecule has 1 amide bonds. The molecule has 2 aromatic carbocycles. The van der Waals surface area contributed by atoms with Crippen LogP contribution in [0.2, 0.25) is 0 Å². The van der Waals surface area contributed by atoms with Gasteiger partial charge in [-0.15, -0.1) is 11.3 Å². The van der Waals surface area contributed by atoms with Crippen LogP contribution in [0.25, 0.3) is 0 Å². The molecule has 1 atom stereocenters. The van der Waals surface area contributed by atoms with Crippen LogP contribution in [-0.4, -0.2) is 44.8 Å². The van der Waals surface area contributed by atoms with Gasteiger partial charge in [-0.2, -0.15) is 0 Å². The van der Waals surface area contributed by atoms with Gasteiger partial charge in [0.2, 0.25) is 0 Å². The fraction of sp³-hybridized carbons (Fsp3) is 0.190. The summed E-state index contributed by atoms with van der Waals surface area (Å²) in [4.78, 5) is 25.7. The average molecular weight is 475 g/mol. The molecule has 1 unspecified atom stereocenters. The molecule has 32 heavy (non-hydrogen) atoms. The van der Waals surface area contributed by atoms with Crippen LogP contribution < -0.4 is 10.0 Å². The lowest BCUT2D eigenvalue weighted by Crippen LogP contribution is -2.34. The molecule has 168 valence electrons. The minimum atomic E-state index is -4.02. The van der Waals surface area contributed by atoms with Crippen molar-refractivity contribution in [1.82, 2.24) is 10.2 Å². The number of non-ortho nitro benzene ring substituents is 1. The van der Waals surface area contributed by atoms with Gasteiger partial charge in [-0.25, -0.2) is 8.42 Å². The van der Waals surface area contributed by atoms with E-state index in [1.165, 1.54) is 42.5 Å². The average Bonchev–Trinajstić information content (AvgIpc) is 3.28. The molecule has 2 N–H and O–H groups in total. The molecule has 0 bridgehead atoms. The molecular weight excluding hydrogens is 452 g/mol. The fourth-order valence-corrected chi connectivity index (χ4v) is 5.00. The van der Waals surface area contributed by atoms with Gasteiger partial charge < -0.3 is 10.2 Å². The zero-order valence-corrected chi connectivity index (χ0v) is 19.0. The normalized spacial score (nSPS) is 12.3. The SMILES string of the molecule is CN(C)C(CNC(=O)c1ccc(NS(=O)(=O)c2cccc([N+](=O)[O-])c2)cc1)c1cccs1. The second kappa shape index (κ2) is 9.90. The number of nitro groups is 1. The second-order valence-electron chi connectivity index (χ2n) is 7.14. The first kappa shape index (κ1) is 23.4. The van der Waals surface area contributed by atoms with Crippen molar-refractivity contribution in [2.75, 3.05) is 25.4 Å². The number of nitrogens with one attached hydrogen (secondary N) is 2. The van der Waals surface area contributed by atoms with Crippen molar-refractivity contribution in [2.45, 2.75) is 10.9 Å². The van der Waals surface area contributed by atoms with Gasteiger partial charge in [0.25, 0.3) is 21.6 Å². The van der Waals surface area contributed by atoms with Gasteiger partial charge in [0, 0.05) is 34.8 Å². The molecule has 0 fully saturated rings. The Morgan fingerprint density at radius 1 is 1.12 bits per heavy atom. The Labute approximate surface area is 189 Å². The number of benzene rings is 2. The molecule has 0 saturated carbocycles. The predicted octanol–water partition coefficient (Wildman–Crippen LogP) is 3.49. The first-order valence-corrected chi connectivity index (χ1v) is 11.9. The quantitative estimate of drug-likeness (QED) is 0.362. The molecule has 1 aromatic heterocycles. The van der Waals surface area contributed by atoms with E-state index in [4.69, 9.17) is 0 Å². The zero-order chi connectivity index (χ0) is 23.3. The molecular formula is C21H22N4O5S2. The Morgan fingerprint density at radius 2 is 1.84 bits per heavy atom. The maximum atomic E-state index is 12.5. The molecule has 9 nitrogen and oxygen atoms in total. The summed E-state index contributed by atoms with van der Waals surface area (Å²) in [5.74, 6) is -0.276. The number of carbonyl (C=O) groups is 1. The van der Waals surface area contributed by atoms with Crippen LogP contribution in [0, 0.1) is 10.1 Å². The number of sulfonamides is 1. The fourth-order valence-electron chi connectivity index (χ4n) is 2.98. The highest BCUT2D eigenvalue weighted by molar-refractivity contribution is 7.92. The van der Waals surface area contributed by atoms with E-state index < -0.39 is 14.9 Å². The van der Waals surface area contributed by atoms with Gasteiger partial charge in [0.15, 0.2) is 0 Å². The van der Waals surface area contributed by atoms with Crippen LogP contribution >= 0.6 is 11.3 Å². The van der Waals surface area contributed by atoms with Crippen molar-refractivity contribution in [3.8, 4) is 0 Å². The Morgan fingerprint density at radius 3 is 2.44 bits per heavy atom. The minimum absolute atomic E-state index is 0.0416. The van der Waals surface area contributed by atoms with E-state index in [0.717, 1.165) is 10.9 Å². The van der Waals surface area contributed by atoms with E-state index in [2.05, 4.69) is 10.0 Å². The minimum Gasteiger partial charge on any atom is -0.350 e. The molecule has 1 heterocycles. The molecule has 11 heteroatoms. The first-order valence-electron chi connectivity index (χ1n) is 9.53. The first-order chi connectivity index (χ1) is 15.2. The number of likely N-dealkylation sites (N-methyl/N-ethyl adjacent to an activating group) is 1. The van der Waals surface area contributed by atoms with Crippen molar-refractivity contribution in [3.63, 3.8) is 0 Å². The molecule has 0 aliphatic heterocycles. The van der Waals surface area contributed by atoms with Crippen LogP contribution in [0.15, 0.2) is 70.9 Å². The highest BCUT2D eigenvalue weighted by Gasteiger charge is 2.19. The highest BCUT2D eigenvalue weighted by atomic mass is 32.2. The zero-order valence-electron chi connectivity index (χ0n) is 17.4. The third-order valence-electron chi connectivity index (χ3n) is 4.69. The Balaban J connectivity index is 1.66. The van der Waals surface area contributed by atoms with E-state index in [9.17, 15) is 23.3 Å². The van der Waals surface area contributed by atoms with Crippen LogP contribution in [0.4, 0.5) is 11.4 Å². The largest absolute Gasteiger partial charge is 0.350 e. The summed E-state index contributed by atoms with van der Waals surface area (Å²) in [6.07, 6.45) is 0. The number of anilines is 1. The van der Waals surface area contributed by atoms with Crippen molar-refractivity contribution in [1.29, 1.82) is 0 Å². The molecule has 0 aliphatic carbocycles. The monoisotopic (exact) mass is 474 g/mol. The van der Waals surface area contributed by atoms with Gasteiger partial charge in [0.1, 0.15) is 0 Å². The Kier molecular flexibility index (Phi) is 7.23. The third-order valence-corrected chi connectivity index (χ3v) is 7.04. The van der Waals surface area contributed by atoms with Crippen LogP contribution in [-0.2, 0) is 10.0 Å². The number of hydrogen-bond acceptors (Lipinski definition) is 7. The summed E-state index contributed by atoms with van der Waals surface area (Å²) in [5.41, 5.74) is 0.295. The van der Waals surface area contributed by atoms with E-state index >= 15 is 0 Å². The lowest BCUT2D eigenvalue weighted by Gasteiger charge is -2.23. The summed E-state index contributed by atoms with van der Waals surface area (Å²) >= 11 is 1.62.